The molecule has 0 amide bonds. The number of hydrogen-bond donors (Lipinski definition) is 0. The Bertz CT molecular complexity index is 222. The SMILES string of the molecule is CCCCCCCC(=O)O[Si]1(CC)CCCC1. The Morgan fingerprint density at radius 2 is 1.71 bits per heavy atom. The van der Waals surface area contributed by atoms with E-state index in [1.54, 1.807) is 0 Å². The second kappa shape index (κ2) is 7.91. The van der Waals surface area contributed by atoms with Crippen LogP contribution in [0.5, 0.6) is 0 Å². The number of rotatable bonds is 8. The van der Waals surface area contributed by atoms with E-state index in [9.17, 15) is 4.79 Å². The van der Waals surface area contributed by atoms with Crippen molar-refractivity contribution in [2.24, 2.45) is 0 Å². The Balaban J connectivity index is 2.15. The third kappa shape index (κ3) is 5.24. The summed E-state index contributed by atoms with van der Waals surface area (Å²) in [4.78, 5) is 11.8. The zero-order chi connectivity index (χ0) is 12.6. The van der Waals surface area contributed by atoms with Gasteiger partial charge in [0.15, 0.2) is 0 Å². The van der Waals surface area contributed by atoms with Crippen molar-refractivity contribution in [1.82, 2.24) is 0 Å². The molecule has 100 valence electrons. The second-order valence-corrected chi connectivity index (χ2v) is 9.66. The highest BCUT2D eigenvalue weighted by Gasteiger charge is 2.39. The Hall–Kier alpha value is -0.313. The quantitative estimate of drug-likeness (QED) is 0.467. The molecule has 0 aromatic rings. The van der Waals surface area contributed by atoms with E-state index in [0.717, 1.165) is 12.5 Å². The Labute approximate surface area is 107 Å². The Morgan fingerprint density at radius 1 is 1.06 bits per heavy atom. The third-order valence-corrected chi connectivity index (χ3v) is 8.45. The first kappa shape index (κ1) is 14.7. The monoisotopic (exact) mass is 256 g/mol. The van der Waals surface area contributed by atoms with E-state index in [1.807, 2.05) is 0 Å². The van der Waals surface area contributed by atoms with Gasteiger partial charge in [0.25, 0.3) is 14.3 Å². The molecule has 1 fully saturated rings. The van der Waals surface area contributed by atoms with Gasteiger partial charge in [0.05, 0.1) is 0 Å². The third-order valence-electron chi connectivity index (χ3n) is 3.97. The topological polar surface area (TPSA) is 26.3 Å². The van der Waals surface area contributed by atoms with Crippen LogP contribution in [0.3, 0.4) is 0 Å². The van der Waals surface area contributed by atoms with Gasteiger partial charge >= 0.3 is 0 Å². The summed E-state index contributed by atoms with van der Waals surface area (Å²) in [6, 6.07) is 3.55. The maximum Gasteiger partial charge on any atom is 0.292 e. The van der Waals surface area contributed by atoms with E-state index in [2.05, 4.69) is 13.8 Å². The molecule has 17 heavy (non-hydrogen) atoms. The van der Waals surface area contributed by atoms with Gasteiger partial charge in [-0.05, 0) is 24.6 Å². The summed E-state index contributed by atoms with van der Waals surface area (Å²) in [5.41, 5.74) is 0. The fourth-order valence-corrected chi connectivity index (χ4v) is 6.39. The lowest BCUT2D eigenvalue weighted by Gasteiger charge is -2.24. The standard InChI is InChI=1S/C14H28O2Si/c1-3-5-6-7-8-11-14(15)16-17(4-2)12-9-10-13-17/h3-13H2,1-2H3. The van der Waals surface area contributed by atoms with Crippen LogP contribution in [-0.2, 0) is 9.22 Å². The van der Waals surface area contributed by atoms with Gasteiger partial charge in [0.1, 0.15) is 0 Å². The van der Waals surface area contributed by atoms with Crippen molar-refractivity contribution >= 4 is 14.3 Å². The zero-order valence-corrected chi connectivity index (χ0v) is 12.6. The van der Waals surface area contributed by atoms with Crippen LogP contribution >= 0.6 is 0 Å². The lowest BCUT2D eigenvalue weighted by molar-refractivity contribution is -0.135. The minimum atomic E-state index is -1.59. The van der Waals surface area contributed by atoms with Crippen molar-refractivity contribution in [3.05, 3.63) is 0 Å². The van der Waals surface area contributed by atoms with E-state index in [-0.39, 0.29) is 5.97 Å². The van der Waals surface area contributed by atoms with Gasteiger partial charge in [-0.2, -0.15) is 0 Å². The maximum absolute atomic E-state index is 11.8. The minimum absolute atomic E-state index is 0.0944. The lowest BCUT2D eigenvalue weighted by atomic mass is 10.1. The van der Waals surface area contributed by atoms with E-state index in [4.69, 9.17) is 4.43 Å². The molecule has 0 aliphatic carbocycles. The fourth-order valence-electron chi connectivity index (χ4n) is 2.71. The summed E-state index contributed by atoms with van der Waals surface area (Å²) in [6.07, 6.45) is 9.24. The van der Waals surface area contributed by atoms with Crippen molar-refractivity contribution in [2.75, 3.05) is 0 Å². The number of carbonyl (C=O) groups excluding carboxylic acids is 1. The first-order chi connectivity index (χ1) is 8.22. The van der Waals surface area contributed by atoms with Crippen molar-refractivity contribution in [1.29, 1.82) is 0 Å². The van der Waals surface area contributed by atoms with Gasteiger partial charge in [-0.15, -0.1) is 0 Å². The molecule has 0 unspecified atom stereocenters. The molecule has 0 saturated carbocycles. The molecule has 1 aliphatic rings. The molecule has 3 heteroatoms. The van der Waals surface area contributed by atoms with E-state index in [0.29, 0.717) is 6.42 Å². The van der Waals surface area contributed by atoms with Gasteiger partial charge in [-0.1, -0.05) is 52.4 Å². The molecule has 1 rings (SSSR count). The van der Waals surface area contributed by atoms with Gasteiger partial charge in [-0.3, -0.25) is 4.79 Å². The van der Waals surface area contributed by atoms with Gasteiger partial charge in [0, 0.05) is 6.42 Å². The van der Waals surface area contributed by atoms with Crippen LogP contribution in [0.15, 0.2) is 0 Å². The lowest BCUT2D eigenvalue weighted by Crippen LogP contribution is -2.36. The van der Waals surface area contributed by atoms with E-state index >= 15 is 0 Å². The van der Waals surface area contributed by atoms with Crippen molar-refractivity contribution in [2.45, 2.75) is 83.3 Å². The molecule has 1 aliphatic heterocycles. The van der Waals surface area contributed by atoms with E-state index in [1.165, 1.54) is 50.6 Å². The summed E-state index contributed by atoms with van der Waals surface area (Å²) < 4.78 is 5.85. The average molecular weight is 256 g/mol. The molecule has 1 saturated heterocycles. The minimum Gasteiger partial charge on any atom is -0.519 e. The smallest absolute Gasteiger partial charge is 0.292 e. The Kier molecular flexibility index (Phi) is 6.86. The van der Waals surface area contributed by atoms with E-state index < -0.39 is 8.32 Å². The first-order valence-corrected chi connectivity index (χ1v) is 9.97. The molecule has 0 N–H and O–H groups in total. The molecular weight excluding hydrogens is 228 g/mol. The van der Waals surface area contributed by atoms with Crippen LogP contribution in [0, 0.1) is 0 Å². The van der Waals surface area contributed by atoms with Crippen LogP contribution < -0.4 is 0 Å². The molecule has 0 aromatic carbocycles. The number of unbranched alkanes of at least 4 members (excludes halogenated alkanes) is 4. The van der Waals surface area contributed by atoms with Crippen LogP contribution in [0.2, 0.25) is 18.1 Å². The van der Waals surface area contributed by atoms with Gasteiger partial charge in [-0.25, -0.2) is 0 Å². The molecule has 0 spiro atoms. The summed E-state index contributed by atoms with van der Waals surface area (Å²) in [5.74, 6) is 0.0944. The summed E-state index contributed by atoms with van der Waals surface area (Å²) >= 11 is 0. The molecule has 0 radical (unpaired) electrons. The van der Waals surface area contributed by atoms with Crippen molar-refractivity contribution < 1.29 is 9.22 Å². The molecule has 1 heterocycles. The highest BCUT2D eigenvalue weighted by Crippen LogP contribution is 2.34. The highest BCUT2D eigenvalue weighted by atomic mass is 28.4. The summed E-state index contributed by atoms with van der Waals surface area (Å²) in [6.45, 7) is 4.41. The summed E-state index contributed by atoms with van der Waals surface area (Å²) in [5, 5.41) is 0. The molecule has 0 bridgehead atoms. The average Bonchev–Trinajstić information content (AvgIpc) is 2.78. The molecular formula is C14H28O2Si. The first-order valence-electron chi connectivity index (χ1n) is 7.44. The highest BCUT2D eigenvalue weighted by molar-refractivity contribution is 6.75. The van der Waals surface area contributed by atoms with Crippen LogP contribution in [0.1, 0.15) is 65.2 Å². The Morgan fingerprint density at radius 3 is 2.29 bits per heavy atom. The fraction of sp³-hybridized carbons (Fsp3) is 0.929. The number of carbonyl (C=O) groups is 1. The molecule has 0 atom stereocenters. The predicted octanol–water partition coefficient (Wildman–Crippen LogP) is 4.65. The van der Waals surface area contributed by atoms with Crippen LogP contribution in [0.25, 0.3) is 0 Å². The molecule has 0 aromatic heterocycles. The molecule has 2 nitrogen and oxygen atoms in total. The van der Waals surface area contributed by atoms with Crippen molar-refractivity contribution in [3.63, 3.8) is 0 Å². The second-order valence-electron chi connectivity index (χ2n) is 5.38. The number of hydrogen-bond acceptors (Lipinski definition) is 2. The summed E-state index contributed by atoms with van der Waals surface area (Å²) in [7, 11) is -1.59. The van der Waals surface area contributed by atoms with Crippen LogP contribution in [0.4, 0.5) is 0 Å². The largest absolute Gasteiger partial charge is 0.519 e. The van der Waals surface area contributed by atoms with Crippen molar-refractivity contribution in [3.8, 4) is 0 Å². The zero-order valence-electron chi connectivity index (χ0n) is 11.6. The predicted molar refractivity (Wildman–Crippen MR) is 74.6 cm³/mol. The van der Waals surface area contributed by atoms with Gasteiger partial charge < -0.3 is 4.43 Å². The van der Waals surface area contributed by atoms with Gasteiger partial charge in [0.2, 0.25) is 0 Å². The normalized spacial score (nSPS) is 18.2. The maximum atomic E-state index is 11.8. The van der Waals surface area contributed by atoms with Crippen LogP contribution in [-0.4, -0.2) is 14.3 Å².